The molecule has 3 N–H and O–H groups in total. The van der Waals surface area contributed by atoms with E-state index >= 15 is 0 Å². The molecule has 10 heteroatoms. The molecule has 0 aliphatic heterocycles. The maximum atomic E-state index is 14.5. The Labute approximate surface area is 182 Å². The zero-order valence-electron chi connectivity index (χ0n) is 16.6. The molecule has 0 spiro atoms. The average Bonchev–Trinajstić information content (AvgIpc) is 3.12. The maximum Gasteiger partial charge on any atom is 0.407 e. The van der Waals surface area contributed by atoms with Gasteiger partial charge in [-0.25, -0.2) is 13.6 Å². The second kappa shape index (κ2) is 9.74. The summed E-state index contributed by atoms with van der Waals surface area (Å²) in [4.78, 5) is 35.5. The summed E-state index contributed by atoms with van der Waals surface area (Å²) in [5.74, 6) is -1.90. The van der Waals surface area contributed by atoms with Crippen LogP contribution < -0.4 is 16.0 Å². The Balaban J connectivity index is 1.70. The highest BCUT2D eigenvalue weighted by atomic mass is 35.5. The van der Waals surface area contributed by atoms with E-state index in [4.69, 9.17) is 16.3 Å². The molecule has 1 aliphatic carbocycles. The molecule has 2 aromatic rings. The van der Waals surface area contributed by atoms with Crippen molar-refractivity contribution < 1.29 is 27.9 Å². The van der Waals surface area contributed by atoms with Crippen LogP contribution in [0.25, 0.3) is 0 Å². The topological polar surface area (TPSA) is 96.5 Å². The highest BCUT2D eigenvalue weighted by Crippen LogP contribution is 2.36. The van der Waals surface area contributed by atoms with Gasteiger partial charge in [0.15, 0.2) is 0 Å². The number of hydrogen-bond donors (Lipinski definition) is 3. The highest BCUT2D eigenvalue weighted by molar-refractivity contribution is 6.31. The standard InChI is InChI=1S/C21H20ClF2N3O4/c1-11(28)25-8-9-31-21(30)27-18-7-4-13-14(3-6-17(24)19(13)18)20(29)26-12-2-5-16(23)15(22)10-12/h2-3,5-6,10,18H,4,7-9H2,1H3,(H,25,28)(H,26,29)(H,27,30)/t18-/m0/s1. The Morgan fingerprint density at radius 2 is 1.90 bits per heavy atom. The molecule has 0 bridgehead atoms. The number of anilines is 1. The zero-order chi connectivity index (χ0) is 22.5. The van der Waals surface area contributed by atoms with Crippen molar-refractivity contribution in [1.29, 1.82) is 0 Å². The molecule has 1 atom stereocenters. The number of fused-ring (bicyclic) bond motifs is 1. The van der Waals surface area contributed by atoms with Gasteiger partial charge in [-0.1, -0.05) is 11.6 Å². The molecule has 0 saturated carbocycles. The van der Waals surface area contributed by atoms with Gasteiger partial charge < -0.3 is 20.7 Å². The van der Waals surface area contributed by atoms with Gasteiger partial charge in [0.05, 0.1) is 17.6 Å². The van der Waals surface area contributed by atoms with Crippen molar-refractivity contribution in [3.8, 4) is 0 Å². The predicted molar refractivity (Wildman–Crippen MR) is 110 cm³/mol. The van der Waals surface area contributed by atoms with Gasteiger partial charge >= 0.3 is 6.09 Å². The van der Waals surface area contributed by atoms with E-state index < -0.39 is 29.7 Å². The van der Waals surface area contributed by atoms with Gasteiger partial charge in [0, 0.05) is 23.7 Å². The monoisotopic (exact) mass is 451 g/mol. The fraction of sp³-hybridized carbons (Fsp3) is 0.286. The third-order valence-electron chi connectivity index (χ3n) is 4.76. The van der Waals surface area contributed by atoms with Crippen LogP contribution in [-0.4, -0.2) is 31.1 Å². The fourth-order valence-electron chi connectivity index (χ4n) is 3.40. The number of carbonyl (C=O) groups excluding carboxylic acids is 3. The number of amides is 3. The van der Waals surface area contributed by atoms with Crippen molar-refractivity contribution >= 4 is 35.2 Å². The van der Waals surface area contributed by atoms with E-state index in [9.17, 15) is 23.2 Å². The first kappa shape index (κ1) is 22.5. The van der Waals surface area contributed by atoms with Crippen LogP contribution in [0.2, 0.25) is 5.02 Å². The number of nitrogens with one attached hydrogen (secondary N) is 3. The van der Waals surface area contributed by atoms with E-state index in [1.165, 1.54) is 25.1 Å². The molecule has 0 unspecified atom stereocenters. The minimum absolute atomic E-state index is 0.0316. The second-order valence-corrected chi connectivity index (χ2v) is 7.33. The van der Waals surface area contributed by atoms with E-state index in [1.807, 2.05) is 0 Å². The second-order valence-electron chi connectivity index (χ2n) is 6.92. The van der Waals surface area contributed by atoms with E-state index in [0.717, 1.165) is 12.1 Å². The summed E-state index contributed by atoms with van der Waals surface area (Å²) < 4.78 is 32.8. The Morgan fingerprint density at radius 1 is 1.16 bits per heavy atom. The molecule has 0 fully saturated rings. The van der Waals surface area contributed by atoms with Crippen molar-refractivity contribution in [2.45, 2.75) is 25.8 Å². The summed E-state index contributed by atoms with van der Waals surface area (Å²) >= 11 is 5.74. The predicted octanol–water partition coefficient (Wildman–Crippen LogP) is 3.72. The lowest BCUT2D eigenvalue weighted by atomic mass is 10.0. The lowest BCUT2D eigenvalue weighted by molar-refractivity contribution is -0.119. The van der Waals surface area contributed by atoms with Crippen LogP contribution in [0.3, 0.4) is 0 Å². The summed E-state index contributed by atoms with van der Waals surface area (Å²) in [5.41, 5.74) is 1.25. The van der Waals surface area contributed by atoms with Crippen LogP contribution in [0.4, 0.5) is 19.3 Å². The molecule has 1 aliphatic rings. The maximum absolute atomic E-state index is 14.5. The van der Waals surface area contributed by atoms with Crippen LogP contribution in [0.1, 0.15) is 40.9 Å². The molecular weight excluding hydrogens is 432 g/mol. The smallest absolute Gasteiger partial charge is 0.407 e. The minimum atomic E-state index is -0.751. The molecule has 164 valence electrons. The highest BCUT2D eigenvalue weighted by Gasteiger charge is 2.31. The van der Waals surface area contributed by atoms with Gasteiger partial charge in [0.1, 0.15) is 18.2 Å². The van der Waals surface area contributed by atoms with Crippen LogP contribution in [0.15, 0.2) is 30.3 Å². The van der Waals surface area contributed by atoms with Gasteiger partial charge in [-0.2, -0.15) is 0 Å². The number of ether oxygens (including phenoxy) is 1. The van der Waals surface area contributed by atoms with Crippen LogP contribution in [-0.2, 0) is 16.0 Å². The number of halogens is 3. The third kappa shape index (κ3) is 5.49. The molecule has 0 saturated heterocycles. The molecule has 2 aromatic carbocycles. The van der Waals surface area contributed by atoms with Crippen LogP contribution in [0.5, 0.6) is 0 Å². The third-order valence-corrected chi connectivity index (χ3v) is 5.05. The normalized spacial score (nSPS) is 14.5. The molecule has 7 nitrogen and oxygen atoms in total. The first-order chi connectivity index (χ1) is 14.8. The first-order valence-electron chi connectivity index (χ1n) is 9.51. The van der Waals surface area contributed by atoms with Gasteiger partial charge in [-0.05, 0) is 48.7 Å². The molecule has 3 rings (SSSR count). The number of hydrogen-bond acceptors (Lipinski definition) is 4. The van der Waals surface area contributed by atoms with Gasteiger partial charge in [0.2, 0.25) is 5.91 Å². The first-order valence-corrected chi connectivity index (χ1v) is 9.89. The SMILES string of the molecule is CC(=O)NCCOC(=O)N[C@H]1CCc2c(C(=O)Nc3ccc(F)c(Cl)c3)ccc(F)c21. The Kier molecular flexibility index (Phi) is 7.06. The zero-order valence-corrected chi connectivity index (χ0v) is 17.3. The van der Waals surface area contributed by atoms with E-state index in [-0.39, 0.29) is 35.2 Å². The van der Waals surface area contributed by atoms with Crippen molar-refractivity contribution in [3.05, 3.63) is 63.7 Å². The van der Waals surface area contributed by atoms with Crippen molar-refractivity contribution in [2.75, 3.05) is 18.5 Å². The molecule has 0 aromatic heterocycles. The quantitative estimate of drug-likeness (QED) is 0.583. The Hall–Kier alpha value is -3.20. The summed E-state index contributed by atoms with van der Waals surface area (Å²) in [7, 11) is 0. The molecular formula is C21H20ClF2N3O4. The molecule has 31 heavy (non-hydrogen) atoms. The van der Waals surface area contributed by atoms with Gasteiger partial charge in [-0.15, -0.1) is 0 Å². The minimum Gasteiger partial charge on any atom is -0.448 e. The van der Waals surface area contributed by atoms with Crippen LogP contribution >= 0.6 is 11.6 Å². The van der Waals surface area contributed by atoms with Crippen LogP contribution in [0, 0.1) is 11.6 Å². The Bertz CT molecular complexity index is 1030. The van der Waals surface area contributed by atoms with E-state index in [1.54, 1.807) is 0 Å². The molecule has 0 heterocycles. The van der Waals surface area contributed by atoms with Crippen molar-refractivity contribution in [3.63, 3.8) is 0 Å². The summed E-state index contributed by atoms with van der Waals surface area (Å²) in [6.07, 6.45) is 0.00902. The molecule has 0 radical (unpaired) electrons. The molecule has 3 amide bonds. The number of carbonyl (C=O) groups is 3. The van der Waals surface area contributed by atoms with Gasteiger partial charge in [0.25, 0.3) is 5.91 Å². The van der Waals surface area contributed by atoms with Gasteiger partial charge in [-0.3, -0.25) is 9.59 Å². The number of alkyl carbamates (subject to hydrolysis) is 1. The number of rotatable bonds is 6. The summed E-state index contributed by atoms with van der Waals surface area (Å²) in [6.45, 7) is 1.48. The number of benzene rings is 2. The van der Waals surface area contributed by atoms with Crippen molar-refractivity contribution in [2.24, 2.45) is 0 Å². The van der Waals surface area contributed by atoms with E-state index in [2.05, 4.69) is 16.0 Å². The average molecular weight is 452 g/mol. The fourth-order valence-corrected chi connectivity index (χ4v) is 3.58. The lowest BCUT2D eigenvalue weighted by Gasteiger charge is -2.16. The largest absolute Gasteiger partial charge is 0.448 e. The Morgan fingerprint density at radius 3 is 2.61 bits per heavy atom. The van der Waals surface area contributed by atoms with E-state index in [0.29, 0.717) is 24.1 Å². The summed E-state index contributed by atoms with van der Waals surface area (Å²) in [6, 6.07) is 5.64. The lowest BCUT2D eigenvalue weighted by Crippen LogP contribution is -2.31. The van der Waals surface area contributed by atoms with Crippen molar-refractivity contribution in [1.82, 2.24) is 10.6 Å². The summed E-state index contributed by atoms with van der Waals surface area (Å²) in [5, 5.41) is 7.56.